The van der Waals surface area contributed by atoms with Crippen molar-refractivity contribution in [2.75, 3.05) is 6.61 Å². The molecule has 0 aromatic heterocycles. The van der Waals surface area contributed by atoms with E-state index in [9.17, 15) is 4.79 Å². The zero-order valence-corrected chi connectivity index (χ0v) is 11.6. The first-order chi connectivity index (χ1) is 7.58. The van der Waals surface area contributed by atoms with Crippen LogP contribution in [0.15, 0.2) is 18.2 Å². The van der Waals surface area contributed by atoms with Crippen molar-refractivity contribution >= 4 is 28.5 Å². The molecule has 1 amide bonds. The van der Waals surface area contributed by atoms with E-state index >= 15 is 0 Å². The third-order valence-electron chi connectivity index (χ3n) is 2.47. The number of aryl methyl sites for hydroxylation is 1. The van der Waals surface area contributed by atoms with Crippen molar-refractivity contribution in [2.45, 2.75) is 26.3 Å². The van der Waals surface area contributed by atoms with Crippen molar-refractivity contribution in [1.29, 1.82) is 0 Å². The Hall–Kier alpha value is -0.620. The van der Waals surface area contributed by atoms with Gasteiger partial charge in [-0.2, -0.15) is 0 Å². The Balaban J connectivity index is 2.76. The number of benzene rings is 1. The van der Waals surface area contributed by atoms with Gasteiger partial charge < -0.3 is 10.4 Å². The van der Waals surface area contributed by atoms with Gasteiger partial charge in [-0.15, -0.1) is 0 Å². The Morgan fingerprint density at radius 1 is 1.56 bits per heavy atom. The van der Waals surface area contributed by atoms with E-state index < -0.39 is 0 Å². The van der Waals surface area contributed by atoms with E-state index in [0.29, 0.717) is 5.56 Å². The fourth-order valence-corrected chi connectivity index (χ4v) is 1.67. The highest BCUT2D eigenvalue weighted by molar-refractivity contribution is 14.1. The van der Waals surface area contributed by atoms with Gasteiger partial charge in [0, 0.05) is 9.13 Å². The minimum Gasteiger partial charge on any atom is -0.394 e. The summed E-state index contributed by atoms with van der Waals surface area (Å²) in [5.74, 6) is -0.125. The van der Waals surface area contributed by atoms with Gasteiger partial charge in [0.15, 0.2) is 0 Å². The number of aliphatic hydroxyl groups is 1. The maximum absolute atomic E-state index is 11.8. The summed E-state index contributed by atoms with van der Waals surface area (Å²) in [5.41, 5.74) is 1.73. The van der Waals surface area contributed by atoms with Gasteiger partial charge in [0.05, 0.1) is 12.6 Å². The molecule has 2 N–H and O–H groups in total. The number of rotatable bonds is 4. The van der Waals surface area contributed by atoms with Crippen LogP contribution in [0.5, 0.6) is 0 Å². The molecule has 0 heterocycles. The molecule has 0 fully saturated rings. The van der Waals surface area contributed by atoms with Crippen molar-refractivity contribution < 1.29 is 9.90 Å². The smallest absolute Gasteiger partial charge is 0.251 e. The van der Waals surface area contributed by atoms with Crippen LogP contribution in [0.3, 0.4) is 0 Å². The third-order valence-corrected chi connectivity index (χ3v) is 3.68. The second-order valence-electron chi connectivity index (χ2n) is 3.73. The van der Waals surface area contributed by atoms with Crippen molar-refractivity contribution in [1.82, 2.24) is 5.32 Å². The Kier molecular flexibility index (Phi) is 5.21. The van der Waals surface area contributed by atoms with Gasteiger partial charge in [0.1, 0.15) is 0 Å². The largest absolute Gasteiger partial charge is 0.394 e. The number of carbonyl (C=O) groups is 1. The molecule has 88 valence electrons. The van der Waals surface area contributed by atoms with Crippen LogP contribution in [-0.4, -0.2) is 23.7 Å². The van der Waals surface area contributed by atoms with Gasteiger partial charge in [-0.1, -0.05) is 6.92 Å². The summed E-state index contributed by atoms with van der Waals surface area (Å²) in [6, 6.07) is 5.42. The lowest BCUT2D eigenvalue weighted by Crippen LogP contribution is -2.36. The third kappa shape index (κ3) is 3.45. The van der Waals surface area contributed by atoms with Crippen LogP contribution in [0.1, 0.15) is 29.3 Å². The lowest BCUT2D eigenvalue weighted by Gasteiger charge is -2.14. The van der Waals surface area contributed by atoms with Crippen LogP contribution >= 0.6 is 22.6 Å². The molecule has 0 radical (unpaired) electrons. The van der Waals surface area contributed by atoms with Crippen molar-refractivity contribution in [3.8, 4) is 0 Å². The monoisotopic (exact) mass is 333 g/mol. The van der Waals surface area contributed by atoms with E-state index in [2.05, 4.69) is 27.9 Å². The number of hydrogen-bond donors (Lipinski definition) is 2. The topological polar surface area (TPSA) is 49.3 Å². The molecule has 0 saturated carbocycles. The Bertz CT molecular complexity index is 375. The molecule has 1 rings (SSSR count). The first kappa shape index (κ1) is 13.4. The van der Waals surface area contributed by atoms with Gasteiger partial charge in [-0.25, -0.2) is 0 Å². The molecule has 0 aliphatic heterocycles. The van der Waals surface area contributed by atoms with Crippen molar-refractivity contribution in [3.63, 3.8) is 0 Å². The standard InChI is InChI=1S/C12H16INO2/c1-3-10(7-15)14-12(16)9-4-5-11(13)8(2)6-9/h4-6,10,15H,3,7H2,1-2H3,(H,14,16). The summed E-state index contributed by atoms with van der Waals surface area (Å²) in [5, 5.41) is 11.8. The molecule has 0 aliphatic carbocycles. The lowest BCUT2D eigenvalue weighted by molar-refractivity contribution is 0.0915. The Labute approximate surface area is 109 Å². The first-order valence-corrected chi connectivity index (χ1v) is 6.34. The molecule has 1 aromatic rings. The zero-order chi connectivity index (χ0) is 12.1. The molecule has 0 bridgehead atoms. The highest BCUT2D eigenvalue weighted by Crippen LogP contribution is 2.13. The zero-order valence-electron chi connectivity index (χ0n) is 9.46. The minimum absolute atomic E-state index is 0.0222. The van der Waals surface area contributed by atoms with Crippen molar-refractivity contribution in [3.05, 3.63) is 32.9 Å². The fourth-order valence-electron chi connectivity index (χ4n) is 1.33. The molecule has 1 aromatic carbocycles. The van der Waals surface area contributed by atoms with Crippen LogP contribution in [0.2, 0.25) is 0 Å². The molecule has 0 aliphatic rings. The molecule has 0 spiro atoms. The predicted molar refractivity (Wildman–Crippen MR) is 72.5 cm³/mol. The number of nitrogens with one attached hydrogen (secondary N) is 1. The Morgan fingerprint density at radius 2 is 2.25 bits per heavy atom. The highest BCUT2D eigenvalue weighted by atomic mass is 127. The normalized spacial score (nSPS) is 12.2. The Morgan fingerprint density at radius 3 is 2.75 bits per heavy atom. The van der Waals surface area contributed by atoms with E-state index in [-0.39, 0.29) is 18.6 Å². The summed E-state index contributed by atoms with van der Waals surface area (Å²) >= 11 is 2.23. The number of halogens is 1. The molecule has 1 atom stereocenters. The van der Waals surface area contributed by atoms with Gasteiger partial charge in [0.25, 0.3) is 5.91 Å². The van der Waals surface area contributed by atoms with Crippen LogP contribution < -0.4 is 5.32 Å². The number of carbonyl (C=O) groups excluding carboxylic acids is 1. The van der Waals surface area contributed by atoms with Gasteiger partial charge >= 0.3 is 0 Å². The van der Waals surface area contributed by atoms with E-state index in [1.807, 2.05) is 26.0 Å². The second-order valence-corrected chi connectivity index (χ2v) is 4.89. The summed E-state index contributed by atoms with van der Waals surface area (Å²) in [6.07, 6.45) is 0.728. The van der Waals surface area contributed by atoms with Crippen LogP contribution in [0, 0.1) is 10.5 Å². The summed E-state index contributed by atoms with van der Waals surface area (Å²) in [7, 11) is 0. The maximum Gasteiger partial charge on any atom is 0.251 e. The molecule has 1 unspecified atom stereocenters. The van der Waals surface area contributed by atoms with Crippen molar-refractivity contribution in [2.24, 2.45) is 0 Å². The molecular formula is C12H16INO2. The van der Waals surface area contributed by atoms with E-state index in [1.165, 1.54) is 0 Å². The molecule has 16 heavy (non-hydrogen) atoms. The van der Waals surface area contributed by atoms with E-state index in [0.717, 1.165) is 15.6 Å². The highest BCUT2D eigenvalue weighted by Gasteiger charge is 2.11. The van der Waals surface area contributed by atoms with Crippen LogP contribution in [0.4, 0.5) is 0 Å². The first-order valence-electron chi connectivity index (χ1n) is 5.26. The molecular weight excluding hydrogens is 317 g/mol. The summed E-state index contributed by atoms with van der Waals surface area (Å²) in [6.45, 7) is 3.88. The molecule has 0 saturated heterocycles. The van der Waals surface area contributed by atoms with E-state index in [4.69, 9.17) is 5.11 Å². The van der Waals surface area contributed by atoms with Crippen LogP contribution in [0.25, 0.3) is 0 Å². The second kappa shape index (κ2) is 6.20. The minimum atomic E-state index is -0.160. The van der Waals surface area contributed by atoms with Crippen LogP contribution in [-0.2, 0) is 0 Å². The molecule has 4 heteroatoms. The summed E-state index contributed by atoms with van der Waals surface area (Å²) in [4.78, 5) is 11.8. The SMILES string of the molecule is CCC(CO)NC(=O)c1ccc(I)c(C)c1. The lowest BCUT2D eigenvalue weighted by atomic mass is 10.1. The van der Waals surface area contributed by atoms with Gasteiger partial charge in [-0.3, -0.25) is 4.79 Å². The number of hydrogen-bond acceptors (Lipinski definition) is 2. The van der Waals surface area contributed by atoms with Gasteiger partial charge in [0.2, 0.25) is 0 Å². The maximum atomic E-state index is 11.8. The average Bonchev–Trinajstić information content (AvgIpc) is 2.29. The molecule has 3 nitrogen and oxygen atoms in total. The quantitative estimate of drug-likeness (QED) is 0.829. The number of amides is 1. The average molecular weight is 333 g/mol. The summed E-state index contributed by atoms with van der Waals surface area (Å²) < 4.78 is 1.14. The van der Waals surface area contributed by atoms with Gasteiger partial charge in [-0.05, 0) is 59.7 Å². The van der Waals surface area contributed by atoms with E-state index in [1.54, 1.807) is 6.07 Å². The predicted octanol–water partition coefficient (Wildman–Crippen LogP) is 2.10. The number of aliphatic hydroxyl groups excluding tert-OH is 1. The fraction of sp³-hybridized carbons (Fsp3) is 0.417.